The summed E-state index contributed by atoms with van der Waals surface area (Å²) in [4.78, 5) is 0. The van der Waals surface area contributed by atoms with Crippen LogP contribution in [0.3, 0.4) is 0 Å². The Bertz CT molecular complexity index is 192. The van der Waals surface area contributed by atoms with E-state index in [0.717, 1.165) is 0 Å². The molecular weight excluding hydrogens is 188 g/mol. The van der Waals surface area contributed by atoms with Crippen LogP contribution in [0, 0.1) is 0 Å². The molecule has 0 aromatic heterocycles. The van der Waals surface area contributed by atoms with Gasteiger partial charge in [-0.25, -0.2) is 0 Å². The Morgan fingerprint density at radius 3 is 2.21 bits per heavy atom. The van der Waals surface area contributed by atoms with E-state index in [-0.39, 0.29) is 6.61 Å². The average Bonchev–Trinajstić information content (AvgIpc) is 2.21. The molecule has 0 aliphatic carbocycles. The van der Waals surface area contributed by atoms with Gasteiger partial charge in [0.2, 0.25) is 0 Å². The third-order valence-corrected chi connectivity index (χ3v) is 2.98. The maximum Gasteiger partial charge on any atom is 0.120 e. The summed E-state index contributed by atoms with van der Waals surface area (Å²) >= 11 is 0. The summed E-state index contributed by atoms with van der Waals surface area (Å²) in [6, 6.07) is 0. The number of aliphatic hydroxyl groups excluding tert-OH is 4. The van der Waals surface area contributed by atoms with Crippen LogP contribution in [0.5, 0.6) is 0 Å². The second-order valence-corrected chi connectivity index (χ2v) is 3.83. The first-order valence-corrected chi connectivity index (χ1v) is 4.81. The molecule has 0 bridgehead atoms. The fraction of sp³-hybridized carbons (Fsp3) is 1.00. The van der Waals surface area contributed by atoms with Crippen molar-refractivity contribution in [3.63, 3.8) is 0 Å². The van der Waals surface area contributed by atoms with Gasteiger partial charge in [0.1, 0.15) is 23.9 Å². The molecule has 1 aliphatic rings. The van der Waals surface area contributed by atoms with E-state index in [9.17, 15) is 15.3 Å². The highest BCUT2D eigenvalue weighted by molar-refractivity contribution is 5.00. The van der Waals surface area contributed by atoms with Gasteiger partial charge in [-0.1, -0.05) is 6.92 Å². The molecule has 1 fully saturated rings. The Hall–Kier alpha value is -0.200. The van der Waals surface area contributed by atoms with Gasteiger partial charge < -0.3 is 25.2 Å². The van der Waals surface area contributed by atoms with E-state index in [1.54, 1.807) is 13.8 Å². The summed E-state index contributed by atoms with van der Waals surface area (Å²) < 4.78 is 5.36. The summed E-state index contributed by atoms with van der Waals surface area (Å²) in [7, 11) is 0. The van der Waals surface area contributed by atoms with E-state index >= 15 is 0 Å². The van der Waals surface area contributed by atoms with Crippen molar-refractivity contribution in [3.8, 4) is 0 Å². The molecule has 1 heterocycles. The molecule has 4 N–H and O–H groups in total. The second-order valence-electron chi connectivity index (χ2n) is 3.83. The van der Waals surface area contributed by atoms with E-state index < -0.39 is 30.0 Å². The lowest BCUT2D eigenvalue weighted by Crippen LogP contribution is -2.64. The molecule has 0 saturated carbocycles. The highest BCUT2D eigenvalue weighted by atomic mass is 16.6. The van der Waals surface area contributed by atoms with Crippen molar-refractivity contribution in [2.75, 3.05) is 6.61 Å². The van der Waals surface area contributed by atoms with Crippen LogP contribution in [0.4, 0.5) is 0 Å². The van der Waals surface area contributed by atoms with Crippen LogP contribution >= 0.6 is 0 Å². The maximum absolute atomic E-state index is 9.68. The third kappa shape index (κ3) is 1.66. The maximum atomic E-state index is 9.68. The number of rotatable bonds is 2. The minimum absolute atomic E-state index is 0.374. The van der Waals surface area contributed by atoms with Gasteiger partial charge in [0, 0.05) is 0 Å². The normalized spacial score (nSPS) is 49.3. The van der Waals surface area contributed by atoms with Crippen molar-refractivity contribution >= 4 is 0 Å². The molecular formula is C9H18O5. The highest BCUT2D eigenvalue weighted by Gasteiger charge is 2.50. The molecule has 0 amide bonds. The molecule has 0 radical (unpaired) electrons. The summed E-state index contributed by atoms with van der Waals surface area (Å²) in [6.45, 7) is 2.97. The van der Waals surface area contributed by atoms with Gasteiger partial charge >= 0.3 is 0 Å². The molecule has 5 heteroatoms. The standard InChI is InChI=1S/C9H18O5/c1-3-9(4-10)8(13)7(12)6(11)5(2)14-9/h5-8,10-13H,3-4H2,1-2H3. The molecule has 0 aromatic carbocycles. The molecule has 5 unspecified atom stereocenters. The Morgan fingerprint density at radius 1 is 1.21 bits per heavy atom. The number of hydrogen-bond donors (Lipinski definition) is 4. The van der Waals surface area contributed by atoms with Crippen LogP contribution in [-0.4, -0.2) is 57.0 Å². The predicted molar refractivity (Wildman–Crippen MR) is 48.7 cm³/mol. The van der Waals surface area contributed by atoms with E-state index in [4.69, 9.17) is 9.84 Å². The molecule has 0 spiro atoms. The molecule has 0 aromatic rings. The van der Waals surface area contributed by atoms with Gasteiger partial charge in [0.05, 0.1) is 12.7 Å². The summed E-state index contributed by atoms with van der Waals surface area (Å²) in [5.41, 5.74) is -1.15. The second kappa shape index (κ2) is 4.12. The van der Waals surface area contributed by atoms with Gasteiger partial charge in [-0.3, -0.25) is 0 Å². The van der Waals surface area contributed by atoms with Crippen molar-refractivity contribution in [1.29, 1.82) is 0 Å². The summed E-state index contributed by atoms with van der Waals surface area (Å²) in [6.07, 6.45) is -3.87. The van der Waals surface area contributed by atoms with Gasteiger partial charge in [0.25, 0.3) is 0 Å². The fourth-order valence-corrected chi connectivity index (χ4v) is 1.82. The predicted octanol–water partition coefficient (Wildman–Crippen LogP) is -1.37. The first kappa shape index (κ1) is 11.9. The lowest BCUT2D eigenvalue weighted by molar-refractivity contribution is -0.274. The van der Waals surface area contributed by atoms with Crippen LogP contribution in [0.1, 0.15) is 20.3 Å². The minimum Gasteiger partial charge on any atom is -0.393 e. The molecule has 14 heavy (non-hydrogen) atoms. The SMILES string of the molecule is CCC1(CO)OC(C)C(O)C(O)C1O. The van der Waals surface area contributed by atoms with Crippen LogP contribution in [0.25, 0.3) is 0 Å². The zero-order chi connectivity index (χ0) is 10.9. The smallest absolute Gasteiger partial charge is 0.120 e. The van der Waals surface area contributed by atoms with Gasteiger partial charge in [-0.2, -0.15) is 0 Å². The van der Waals surface area contributed by atoms with E-state index in [1.807, 2.05) is 0 Å². The highest BCUT2D eigenvalue weighted by Crippen LogP contribution is 2.32. The first-order chi connectivity index (χ1) is 6.48. The Morgan fingerprint density at radius 2 is 1.79 bits per heavy atom. The Labute approximate surface area is 82.9 Å². The topological polar surface area (TPSA) is 90.2 Å². The monoisotopic (exact) mass is 206 g/mol. The van der Waals surface area contributed by atoms with Crippen molar-refractivity contribution in [2.45, 2.75) is 50.3 Å². The Kier molecular flexibility index (Phi) is 3.49. The summed E-state index contributed by atoms with van der Waals surface area (Å²) in [5, 5.41) is 37.8. The van der Waals surface area contributed by atoms with Crippen molar-refractivity contribution in [1.82, 2.24) is 0 Å². The van der Waals surface area contributed by atoms with Crippen molar-refractivity contribution in [3.05, 3.63) is 0 Å². The van der Waals surface area contributed by atoms with Crippen LogP contribution in [0.2, 0.25) is 0 Å². The quantitative estimate of drug-likeness (QED) is 0.447. The van der Waals surface area contributed by atoms with Gasteiger partial charge in [-0.05, 0) is 13.3 Å². The molecule has 1 rings (SSSR count). The van der Waals surface area contributed by atoms with E-state index in [0.29, 0.717) is 6.42 Å². The molecule has 84 valence electrons. The summed E-state index contributed by atoms with van der Waals surface area (Å²) in [5.74, 6) is 0. The van der Waals surface area contributed by atoms with Crippen LogP contribution < -0.4 is 0 Å². The number of hydrogen-bond acceptors (Lipinski definition) is 5. The molecule has 5 atom stereocenters. The number of aliphatic hydroxyl groups is 4. The third-order valence-electron chi connectivity index (χ3n) is 2.98. The largest absolute Gasteiger partial charge is 0.393 e. The Balaban J connectivity index is 2.88. The van der Waals surface area contributed by atoms with E-state index in [2.05, 4.69) is 0 Å². The number of ether oxygens (including phenoxy) is 1. The van der Waals surface area contributed by atoms with Crippen molar-refractivity contribution < 1.29 is 25.2 Å². The molecule has 1 saturated heterocycles. The molecule has 5 nitrogen and oxygen atoms in total. The zero-order valence-electron chi connectivity index (χ0n) is 8.42. The lowest BCUT2D eigenvalue weighted by atomic mass is 9.84. The van der Waals surface area contributed by atoms with E-state index in [1.165, 1.54) is 0 Å². The zero-order valence-corrected chi connectivity index (χ0v) is 8.42. The average molecular weight is 206 g/mol. The first-order valence-electron chi connectivity index (χ1n) is 4.81. The van der Waals surface area contributed by atoms with Crippen LogP contribution in [-0.2, 0) is 4.74 Å². The fourth-order valence-electron chi connectivity index (χ4n) is 1.82. The van der Waals surface area contributed by atoms with Crippen molar-refractivity contribution in [2.24, 2.45) is 0 Å². The molecule has 1 aliphatic heterocycles. The van der Waals surface area contributed by atoms with Crippen LogP contribution in [0.15, 0.2) is 0 Å². The van der Waals surface area contributed by atoms with Gasteiger partial charge in [-0.15, -0.1) is 0 Å². The van der Waals surface area contributed by atoms with Gasteiger partial charge in [0.15, 0.2) is 0 Å². The lowest BCUT2D eigenvalue weighted by Gasteiger charge is -2.47. The minimum atomic E-state index is -1.27.